The lowest BCUT2D eigenvalue weighted by molar-refractivity contribution is 0.0526. The van der Waals surface area contributed by atoms with Gasteiger partial charge in [0.2, 0.25) is 0 Å². The highest BCUT2D eigenvalue weighted by molar-refractivity contribution is 5.93. The molecule has 2 unspecified atom stereocenters. The van der Waals surface area contributed by atoms with Gasteiger partial charge in [0, 0.05) is 25.3 Å². The number of carbonyl (C=O) groups is 2. The number of alkyl halides is 2. The van der Waals surface area contributed by atoms with Crippen molar-refractivity contribution in [2.24, 2.45) is 11.8 Å². The van der Waals surface area contributed by atoms with Crippen LogP contribution in [0, 0.1) is 18.8 Å². The Morgan fingerprint density at radius 3 is 2.52 bits per heavy atom. The fraction of sp³-hybridized carbons (Fsp3) is 0.562. The van der Waals surface area contributed by atoms with Crippen LogP contribution in [0.15, 0.2) is 16.9 Å². The maximum absolute atomic E-state index is 12.7. The molecule has 144 valence electrons. The van der Waals surface area contributed by atoms with Crippen molar-refractivity contribution in [2.45, 2.75) is 32.4 Å². The van der Waals surface area contributed by atoms with E-state index in [1.54, 1.807) is 11.8 Å². The summed E-state index contributed by atoms with van der Waals surface area (Å²) in [5.41, 5.74) is 0.578. The Kier molecular flexibility index (Phi) is 4.36. The van der Waals surface area contributed by atoms with Crippen molar-refractivity contribution in [3.8, 4) is 0 Å². The van der Waals surface area contributed by atoms with Gasteiger partial charge in [-0.15, -0.1) is 0 Å². The summed E-state index contributed by atoms with van der Waals surface area (Å²) in [7, 11) is 0. The number of nitrogens with zero attached hydrogens (tertiary/aromatic N) is 5. The quantitative estimate of drug-likeness (QED) is 0.856. The van der Waals surface area contributed by atoms with Gasteiger partial charge in [-0.25, -0.2) is 9.31 Å². The lowest BCUT2D eigenvalue weighted by Gasteiger charge is -2.38. The van der Waals surface area contributed by atoms with Gasteiger partial charge in [-0.05, 0) is 42.8 Å². The van der Waals surface area contributed by atoms with Crippen molar-refractivity contribution in [1.82, 2.24) is 30.3 Å². The van der Waals surface area contributed by atoms with Gasteiger partial charge in [0.05, 0.1) is 0 Å². The Hall–Kier alpha value is -2.85. The Morgan fingerprint density at radius 2 is 1.96 bits per heavy atom. The van der Waals surface area contributed by atoms with Crippen LogP contribution in [-0.4, -0.2) is 55.9 Å². The third kappa shape index (κ3) is 3.17. The molecule has 9 nitrogen and oxygen atoms in total. The molecular formula is C16H18F2N6O3. The summed E-state index contributed by atoms with van der Waals surface area (Å²) in [6.45, 7) is -0.256. The van der Waals surface area contributed by atoms with Gasteiger partial charge in [0.25, 0.3) is 11.8 Å². The summed E-state index contributed by atoms with van der Waals surface area (Å²) >= 11 is 0. The Labute approximate surface area is 152 Å². The lowest BCUT2D eigenvalue weighted by atomic mass is 9.91. The van der Waals surface area contributed by atoms with E-state index in [9.17, 15) is 18.4 Å². The van der Waals surface area contributed by atoms with Gasteiger partial charge < -0.3 is 10.2 Å². The second-order valence-electron chi connectivity index (χ2n) is 6.96. The van der Waals surface area contributed by atoms with E-state index in [0.717, 1.165) is 19.0 Å². The molecule has 11 heteroatoms. The molecule has 4 rings (SSSR count). The third-order valence-electron chi connectivity index (χ3n) is 5.31. The Morgan fingerprint density at radius 1 is 1.26 bits per heavy atom. The molecule has 1 aliphatic heterocycles. The lowest BCUT2D eigenvalue weighted by Crippen LogP contribution is -2.54. The Bertz CT molecular complexity index is 852. The minimum atomic E-state index is -2.78. The highest BCUT2D eigenvalue weighted by atomic mass is 19.3. The van der Waals surface area contributed by atoms with Crippen LogP contribution in [0.25, 0.3) is 0 Å². The highest BCUT2D eigenvalue weighted by Gasteiger charge is 2.44. The fourth-order valence-electron chi connectivity index (χ4n) is 4.00. The van der Waals surface area contributed by atoms with Gasteiger partial charge in [0.1, 0.15) is 5.69 Å². The number of hydrogen-bond acceptors (Lipinski definition) is 6. The maximum atomic E-state index is 12.7. The smallest absolute Gasteiger partial charge is 0.333 e. The molecule has 2 atom stereocenters. The number of aromatic nitrogens is 4. The topological polar surface area (TPSA) is 106 Å². The summed E-state index contributed by atoms with van der Waals surface area (Å²) in [6.07, 6.45) is 2.84. The van der Waals surface area contributed by atoms with Crippen LogP contribution in [0.1, 0.15) is 46.1 Å². The minimum Gasteiger partial charge on any atom is -0.347 e. The van der Waals surface area contributed by atoms with E-state index in [2.05, 4.69) is 25.4 Å². The summed E-state index contributed by atoms with van der Waals surface area (Å²) in [4.78, 5) is 26.6. The number of halogens is 2. The van der Waals surface area contributed by atoms with Crippen molar-refractivity contribution in [3.63, 3.8) is 0 Å². The number of nitrogens with one attached hydrogen (secondary N) is 1. The van der Waals surface area contributed by atoms with E-state index in [1.165, 1.54) is 6.07 Å². The molecule has 2 aliphatic rings. The van der Waals surface area contributed by atoms with Gasteiger partial charge in [-0.2, -0.15) is 13.9 Å². The third-order valence-corrected chi connectivity index (χ3v) is 5.31. The molecule has 2 aromatic rings. The van der Waals surface area contributed by atoms with Crippen molar-refractivity contribution >= 4 is 11.8 Å². The van der Waals surface area contributed by atoms with Crippen LogP contribution >= 0.6 is 0 Å². The summed E-state index contributed by atoms with van der Waals surface area (Å²) in [5, 5.41) is 13.9. The number of piperidine rings is 1. The SMILES string of the molecule is Cc1nonc1C(=O)NC1C2CCC1CN(C(=O)c1ccn(C(F)F)n1)C2. The highest BCUT2D eigenvalue weighted by Crippen LogP contribution is 2.37. The zero-order chi connectivity index (χ0) is 19.1. The number of carbonyl (C=O) groups excluding carboxylic acids is 2. The average Bonchev–Trinajstić information content (AvgIpc) is 3.33. The standard InChI is InChI=1S/C16H18F2N6O3/c1-8-12(22-27-21-8)14(25)19-13-9-2-3-10(13)7-23(6-9)15(26)11-4-5-24(20-11)16(17)18/h4-5,9-10,13,16H,2-3,6-7H2,1H3,(H,19,25). The first-order valence-corrected chi connectivity index (χ1v) is 8.66. The van der Waals surface area contributed by atoms with Crippen LogP contribution in [-0.2, 0) is 0 Å². The van der Waals surface area contributed by atoms with Gasteiger partial charge in [-0.3, -0.25) is 9.59 Å². The van der Waals surface area contributed by atoms with Crippen LogP contribution in [0.4, 0.5) is 8.78 Å². The fourth-order valence-corrected chi connectivity index (χ4v) is 4.00. The molecule has 0 spiro atoms. The van der Waals surface area contributed by atoms with E-state index in [-0.39, 0.29) is 41.1 Å². The largest absolute Gasteiger partial charge is 0.347 e. The van der Waals surface area contributed by atoms with E-state index in [4.69, 9.17) is 0 Å². The first-order chi connectivity index (χ1) is 12.9. The summed E-state index contributed by atoms with van der Waals surface area (Å²) < 4.78 is 30.3. The molecule has 2 fully saturated rings. The van der Waals surface area contributed by atoms with Crippen molar-refractivity contribution < 1.29 is 23.0 Å². The monoisotopic (exact) mass is 380 g/mol. The number of likely N-dealkylation sites (tertiary alicyclic amines) is 1. The molecule has 1 saturated carbocycles. The molecule has 2 aromatic heterocycles. The van der Waals surface area contributed by atoms with E-state index >= 15 is 0 Å². The Balaban J connectivity index is 1.43. The molecule has 3 heterocycles. The molecule has 1 N–H and O–H groups in total. The van der Waals surface area contributed by atoms with Gasteiger partial charge in [0.15, 0.2) is 11.4 Å². The van der Waals surface area contributed by atoms with Crippen molar-refractivity contribution in [2.75, 3.05) is 13.1 Å². The number of aryl methyl sites for hydroxylation is 1. The van der Waals surface area contributed by atoms with E-state index in [1.807, 2.05) is 0 Å². The van der Waals surface area contributed by atoms with Gasteiger partial charge >= 0.3 is 6.55 Å². The molecule has 0 aromatic carbocycles. The number of fused-ring (bicyclic) bond motifs is 2. The van der Waals surface area contributed by atoms with Crippen LogP contribution in [0.5, 0.6) is 0 Å². The van der Waals surface area contributed by atoms with E-state index in [0.29, 0.717) is 23.5 Å². The predicted molar refractivity (Wildman–Crippen MR) is 85.9 cm³/mol. The number of hydrogen-bond donors (Lipinski definition) is 1. The van der Waals surface area contributed by atoms with Crippen LogP contribution in [0.3, 0.4) is 0 Å². The molecule has 27 heavy (non-hydrogen) atoms. The van der Waals surface area contributed by atoms with Crippen LogP contribution < -0.4 is 5.32 Å². The van der Waals surface area contributed by atoms with Crippen molar-refractivity contribution in [3.05, 3.63) is 29.3 Å². The minimum absolute atomic E-state index is 0.00137. The second-order valence-corrected chi connectivity index (χ2v) is 6.96. The predicted octanol–water partition coefficient (Wildman–Crippen LogP) is 1.25. The van der Waals surface area contributed by atoms with Crippen molar-refractivity contribution in [1.29, 1.82) is 0 Å². The first kappa shape index (κ1) is 17.6. The normalized spacial score (nSPS) is 24.4. The molecule has 1 aliphatic carbocycles. The first-order valence-electron chi connectivity index (χ1n) is 8.66. The van der Waals surface area contributed by atoms with Gasteiger partial charge in [-0.1, -0.05) is 5.16 Å². The molecule has 2 amide bonds. The molecule has 2 bridgehead atoms. The van der Waals surface area contributed by atoms with E-state index < -0.39 is 6.55 Å². The molecular weight excluding hydrogens is 362 g/mol. The second kappa shape index (κ2) is 6.71. The zero-order valence-electron chi connectivity index (χ0n) is 14.5. The summed E-state index contributed by atoms with van der Waals surface area (Å²) in [5.74, 6) is -0.526. The molecule has 0 radical (unpaired) electrons. The molecule has 1 saturated heterocycles. The number of amides is 2. The number of rotatable bonds is 4. The zero-order valence-corrected chi connectivity index (χ0v) is 14.5. The maximum Gasteiger partial charge on any atom is 0.333 e. The van der Waals surface area contributed by atoms with Crippen LogP contribution in [0.2, 0.25) is 0 Å². The summed E-state index contributed by atoms with van der Waals surface area (Å²) in [6, 6.07) is 1.22. The average molecular weight is 380 g/mol.